The second-order valence-corrected chi connectivity index (χ2v) is 4.90. The van der Waals surface area contributed by atoms with Crippen molar-refractivity contribution in [3.63, 3.8) is 0 Å². The van der Waals surface area contributed by atoms with Gasteiger partial charge in [0, 0.05) is 15.7 Å². The van der Waals surface area contributed by atoms with Gasteiger partial charge >= 0.3 is 0 Å². The summed E-state index contributed by atoms with van der Waals surface area (Å²) < 4.78 is 0. The summed E-state index contributed by atoms with van der Waals surface area (Å²) >= 11 is 1.81. The molecule has 0 bridgehead atoms. The summed E-state index contributed by atoms with van der Waals surface area (Å²) in [5.41, 5.74) is 0.785. The van der Waals surface area contributed by atoms with E-state index in [9.17, 15) is 4.79 Å². The average molecular weight is 194 g/mol. The molecular weight excluding hydrogens is 180 g/mol. The SMILES string of the molecule is CC(=O)c1ccc(SC(C)C)cc1. The minimum absolute atomic E-state index is 0.126. The van der Waals surface area contributed by atoms with Crippen LogP contribution in [0.25, 0.3) is 0 Å². The van der Waals surface area contributed by atoms with Gasteiger partial charge in [0.2, 0.25) is 0 Å². The zero-order chi connectivity index (χ0) is 9.84. The van der Waals surface area contributed by atoms with E-state index >= 15 is 0 Å². The predicted octanol–water partition coefficient (Wildman–Crippen LogP) is 3.39. The maximum atomic E-state index is 11.0. The Kier molecular flexibility index (Phi) is 3.55. The van der Waals surface area contributed by atoms with Crippen LogP contribution in [-0.2, 0) is 0 Å². The van der Waals surface area contributed by atoms with Gasteiger partial charge < -0.3 is 0 Å². The lowest BCUT2D eigenvalue weighted by Crippen LogP contribution is -1.91. The van der Waals surface area contributed by atoms with Gasteiger partial charge in [0.05, 0.1) is 0 Å². The summed E-state index contributed by atoms with van der Waals surface area (Å²) in [6.07, 6.45) is 0. The van der Waals surface area contributed by atoms with Gasteiger partial charge in [0.1, 0.15) is 0 Å². The summed E-state index contributed by atoms with van der Waals surface area (Å²) in [6.45, 7) is 5.90. The lowest BCUT2D eigenvalue weighted by Gasteiger charge is -2.04. The standard InChI is InChI=1S/C11H14OS/c1-8(2)13-11-6-4-10(5-7-11)9(3)12/h4-8H,1-3H3. The van der Waals surface area contributed by atoms with Crippen LogP contribution in [-0.4, -0.2) is 11.0 Å². The van der Waals surface area contributed by atoms with Crippen LogP contribution < -0.4 is 0 Å². The summed E-state index contributed by atoms with van der Waals surface area (Å²) in [5.74, 6) is 0.126. The highest BCUT2D eigenvalue weighted by Crippen LogP contribution is 2.22. The smallest absolute Gasteiger partial charge is 0.159 e. The zero-order valence-corrected chi connectivity index (χ0v) is 9.02. The fourth-order valence-electron chi connectivity index (χ4n) is 1.04. The van der Waals surface area contributed by atoms with Gasteiger partial charge in [-0.15, -0.1) is 11.8 Å². The molecule has 1 nitrogen and oxygen atoms in total. The molecule has 1 rings (SSSR count). The summed E-state index contributed by atoms with van der Waals surface area (Å²) in [7, 11) is 0. The van der Waals surface area contributed by atoms with Crippen molar-refractivity contribution in [3.05, 3.63) is 29.8 Å². The third kappa shape index (κ3) is 3.23. The minimum Gasteiger partial charge on any atom is -0.295 e. The first-order valence-corrected chi connectivity index (χ1v) is 5.25. The molecule has 0 aliphatic carbocycles. The van der Waals surface area contributed by atoms with Crippen LogP contribution in [0.1, 0.15) is 31.1 Å². The first-order valence-electron chi connectivity index (χ1n) is 4.37. The number of thioether (sulfide) groups is 1. The molecule has 0 fully saturated rings. The topological polar surface area (TPSA) is 17.1 Å². The van der Waals surface area contributed by atoms with Crippen molar-refractivity contribution in [2.45, 2.75) is 30.9 Å². The highest BCUT2D eigenvalue weighted by molar-refractivity contribution is 7.99. The first-order chi connectivity index (χ1) is 6.09. The van der Waals surface area contributed by atoms with Crippen molar-refractivity contribution in [3.8, 4) is 0 Å². The number of carbonyl (C=O) groups is 1. The number of ketones is 1. The van der Waals surface area contributed by atoms with E-state index in [1.165, 1.54) is 4.90 Å². The molecule has 0 unspecified atom stereocenters. The van der Waals surface area contributed by atoms with Crippen LogP contribution in [0.4, 0.5) is 0 Å². The highest BCUT2D eigenvalue weighted by Gasteiger charge is 2.00. The lowest BCUT2D eigenvalue weighted by atomic mass is 10.2. The van der Waals surface area contributed by atoms with Gasteiger partial charge in [0.15, 0.2) is 5.78 Å². The van der Waals surface area contributed by atoms with Crippen LogP contribution in [0.15, 0.2) is 29.2 Å². The van der Waals surface area contributed by atoms with Crippen molar-refractivity contribution in [1.82, 2.24) is 0 Å². The highest BCUT2D eigenvalue weighted by atomic mass is 32.2. The van der Waals surface area contributed by atoms with E-state index in [2.05, 4.69) is 13.8 Å². The van der Waals surface area contributed by atoms with E-state index in [4.69, 9.17) is 0 Å². The maximum Gasteiger partial charge on any atom is 0.159 e. The molecule has 0 aliphatic heterocycles. The maximum absolute atomic E-state index is 11.0. The van der Waals surface area contributed by atoms with E-state index in [1.54, 1.807) is 6.92 Å². The first kappa shape index (κ1) is 10.3. The molecule has 0 N–H and O–H groups in total. The molecule has 70 valence electrons. The number of carbonyl (C=O) groups excluding carboxylic acids is 1. The number of benzene rings is 1. The molecule has 0 radical (unpaired) electrons. The predicted molar refractivity (Wildman–Crippen MR) is 57.4 cm³/mol. The van der Waals surface area contributed by atoms with Gasteiger partial charge in [-0.1, -0.05) is 26.0 Å². The largest absolute Gasteiger partial charge is 0.295 e. The Morgan fingerprint density at radius 2 is 1.77 bits per heavy atom. The monoisotopic (exact) mass is 194 g/mol. The third-order valence-electron chi connectivity index (χ3n) is 1.63. The second-order valence-electron chi connectivity index (χ2n) is 3.25. The molecular formula is C11H14OS. The molecule has 2 heteroatoms. The molecule has 0 amide bonds. The molecule has 13 heavy (non-hydrogen) atoms. The molecule has 0 saturated carbocycles. The number of hydrogen-bond acceptors (Lipinski definition) is 2. The Hall–Kier alpha value is -0.760. The van der Waals surface area contributed by atoms with E-state index in [0.29, 0.717) is 5.25 Å². The summed E-state index contributed by atoms with van der Waals surface area (Å²) in [6, 6.07) is 7.77. The van der Waals surface area contributed by atoms with E-state index in [0.717, 1.165) is 5.56 Å². The van der Waals surface area contributed by atoms with E-state index in [1.807, 2.05) is 36.0 Å². The van der Waals surface area contributed by atoms with Crippen molar-refractivity contribution < 1.29 is 4.79 Å². The molecule has 0 aromatic heterocycles. The number of hydrogen-bond donors (Lipinski definition) is 0. The molecule has 0 heterocycles. The van der Waals surface area contributed by atoms with E-state index < -0.39 is 0 Å². The second kappa shape index (κ2) is 4.47. The third-order valence-corrected chi connectivity index (χ3v) is 2.65. The number of Topliss-reactive ketones (excluding diaryl/α,β-unsaturated/α-hetero) is 1. The van der Waals surface area contributed by atoms with Crippen LogP contribution in [0.3, 0.4) is 0 Å². The Morgan fingerprint density at radius 3 is 2.15 bits per heavy atom. The van der Waals surface area contributed by atoms with Gasteiger partial charge in [-0.3, -0.25) is 4.79 Å². The van der Waals surface area contributed by atoms with Crippen LogP contribution >= 0.6 is 11.8 Å². The van der Waals surface area contributed by atoms with Gasteiger partial charge in [0.25, 0.3) is 0 Å². The Labute approximate surface area is 83.5 Å². The summed E-state index contributed by atoms with van der Waals surface area (Å²) in [4.78, 5) is 12.2. The van der Waals surface area contributed by atoms with Crippen LogP contribution in [0, 0.1) is 0 Å². The average Bonchev–Trinajstić information content (AvgIpc) is 2.04. The van der Waals surface area contributed by atoms with Gasteiger partial charge in [-0.05, 0) is 19.1 Å². The normalized spacial score (nSPS) is 10.5. The van der Waals surface area contributed by atoms with E-state index in [-0.39, 0.29) is 5.78 Å². The van der Waals surface area contributed by atoms with Gasteiger partial charge in [-0.25, -0.2) is 0 Å². The molecule has 0 spiro atoms. The zero-order valence-electron chi connectivity index (χ0n) is 8.20. The van der Waals surface area contributed by atoms with Crippen LogP contribution in [0.5, 0.6) is 0 Å². The number of rotatable bonds is 3. The summed E-state index contributed by atoms with van der Waals surface area (Å²) in [5, 5.41) is 0.586. The quantitative estimate of drug-likeness (QED) is 0.542. The fraction of sp³-hybridized carbons (Fsp3) is 0.364. The molecule has 1 aromatic rings. The minimum atomic E-state index is 0.126. The molecule has 0 atom stereocenters. The van der Waals surface area contributed by atoms with Crippen molar-refractivity contribution in [1.29, 1.82) is 0 Å². The Morgan fingerprint density at radius 1 is 1.23 bits per heavy atom. The van der Waals surface area contributed by atoms with Crippen LogP contribution in [0.2, 0.25) is 0 Å². The molecule has 0 aliphatic rings. The molecule has 1 aromatic carbocycles. The fourth-order valence-corrected chi connectivity index (χ4v) is 1.88. The van der Waals surface area contributed by atoms with Crippen molar-refractivity contribution in [2.24, 2.45) is 0 Å². The van der Waals surface area contributed by atoms with Crippen molar-refractivity contribution in [2.75, 3.05) is 0 Å². The Bertz CT molecular complexity index is 287. The van der Waals surface area contributed by atoms with Crippen molar-refractivity contribution >= 4 is 17.5 Å². The van der Waals surface area contributed by atoms with Gasteiger partial charge in [-0.2, -0.15) is 0 Å². The lowest BCUT2D eigenvalue weighted by molar-refractivity contribution is 0.101. The Balaban J connectivity index is 2.75. The molecule has 0 saturated heterocycles.